The summed E-state index contributed by atoms with van der Waals surface area (Å²) in [4.78, 5) is 37.0. The molecule has 0 saturated heterocycles. The summed E-state index contributed by atoms with van der Waals surface area (Å²) in [5.74, 6) is -1.61. The smallest absolute Gasteiger partial charge is 0.409 e. The number of hydrogen-bond donors (Lipinski definition) is 0. The van der Waals surface area contributed by atoms with Crippen molar-refractivity contribution in [2.75, 3.05) is 35.2 Å². The van der Waals surface area contributed by atoms with Gasteiger partial charge in [0, 0.05) is 18.1 Å². The van der Waals surface area contributed by atoms with Crippen LogP contribution in [-0.4, -0.2) is 59.6 Å². The number of hydrogen-bond acceptors (Lipinski definition) is 12. The van der Waals surface area contributed by atoms with Gasteiger partial charge in [0.25, 0.3) is 0 Å². The van der Waals surface area contributed by atoms with Crippen molar-refractivity contribution < 1.29 is 57.0 Å². The fourth-order valence-corrected chi connectivity index (χ4v) is 3.66. The summed E-state index contributed by atoms with van der Waals surface area (Å²) in [6.45, 7) is -0.346. The molecular weight excluding hydrogens is 456 g/mol. The first-order valence-corrected chi connectivity index (χ1v) is 9.77. The standard InChI is InChI=1S/C22H20O12/c1-9(23)32-22-33-13-7-11(21(25)29-5)15(19(27-3)17(13)34-22)14-10(20(24)28-4)6-12-16(18(14)26-2)31-8-30-12/h6-7,22H,8H2,1-5H3. The maximum absolute atomic E-state index is 12.8. The molecule has 0 amide bonds. The number of fused-ring (bicyclic) bond motifs is 2. The Balaban J connectivity index is 2.07. The van der Waals surface area contributed by atoms with Crippen LogP contribution in [0.4, 0.5) is 0 Å². The predicted octanol–water partition coefficient (Wildman–Crippen LogP) is 2.29. The second kappa shape index (κ2) is 8.89. The Morgan fingerprint density at radius 1 is 0.794 bits per heavy atom. The molecule has 0 aliphatic carbocycles. The van der Waals surface area contributed by atoms with Crippen LogP contribution in [-0.2, 0) is 19.0 Å². The van der Waals surface area contributed by atoms with Crippen molar-refractivity contribution in [3.63, 3.8) is 0 Å². The SMILES string of the molecule is COC(=O)c1cc2c(c(OC)c1-c1c(C(=O)OC)cc3c(c1OC)OC(OC(C)=O)O3)OCO2. The van der Waals surface area contributed by atoms with Crippen LogP contribution in [0.3, 0.4) is 0 Å². The van der Waals surface area contributed by atoms with E-state index in [0.717, 1.165) is 0 Å². The molecule has 0 N–H and O–H groups in total. The summed E-state index contributed by atoms with van der Waals surface area (Å²) in [6.07, 6.45) is 0. The summed E-state index contributed by atoms with van der Waals surface area (Å²) in [7, 11) is 5.06. The van der Waals surface area contributed by atoms with E-state index in [1.165, 1.54) is 47.5 Å². The predicted molar refractivity (Wildman–Crippen MR) is 111 cm³/mol. The molecule has 2 aliphatic rings. The van der Waals surface area contributed by atoms with Crippen LogP contribution in [0.2, 0.25) is 0 Å². The first kappa shape index (κ1) is 22.8. The topological polar surface area (TPSA) is 134 Å². The Morgan fingerprint density at radius 2 is 1.35 bits per heavy atom. The summed E-state index contributed by atoms with van der Waals surface area (Å²) >= 11 is 0. The van der Waals surface area contributed by atoms with E-state index in [2.05, 4.69) is 0 Å². The van der Waals surface area contributed by atoms with Crippen LogP contribution in [0.5, 0.6) is 34.5 Å². The van der Waals surface area contributed by atoms with Gasteiger partial charge in [0.1, 0.15) is 0 Å². The molecule has 180 valence electrons. The Bertz CT molecular complexity index is 1190. The Labute approximate surface area is 193 Å². The van der Waals surface area contributed by atoms with Gasteiger partial charge in [0.2, 0.25) is 18.3 Å². The minimum atomic E-state index is -1.42. The molecule has 0 radical (unpaired) electrons. The van der Waals surface area contributed by atoms with Gasteiger partial charge in [-0.2, -0.15) is 0 Å². The van der Waals surface area contributed by atoms with E-state index in [-0.39, 0.29) is 63.5 Å². The largest absolute Gasteiger partial charge is 0.492 e. The van der Waals surface area contributed by atoms with Crippen molar-refractivity contribution in [1.29, 1.82) is 0 Å². The molecule has 1 unspecified atom stereocenters. The molecule has 12 nitrogen and oxygen atoms in total. The first-order chi connectivity index (χ1) is 16.3. The number of ether oxygens (including phenoxy) is 9. The zero-order chi connectivity index (χ0) is 24.6. The van der Waals surface area contributed by atoms with E-state index in [0.29, 0.717) is 0 Å². The van der Waals surface area contributed by atoms with Crippen molar-refractivity contribution in [2.45, 2.75) is 13.4 Å². The second-order valence-corrected chi connectivity index (χ2v) is 6.84. The van der Waals surface area contributed by atoms with Gasteiger partial charge < -0.3 is 42.6 Å². The highest BCUT2D eigenvalue weighted by molar-refractivity contribution is 6.08. The third-order valence-corrected chi connectivity index (χ3v) is 4.99. The molecule has 4 rings (SSSR count). The number of rotatable bonds is 6. The Hall–Kier alpha value is -4.35. The molecule has 2 aromatic rings. The lowest BCUT2D eigenvalue weighted by Crippen LogP contribution is -2.24. The summed E-state index contributed by atoms with van der Waals surface area (Å²) in [5.41, 5.74) is 0.0869. The third-order valence-electron chi connectivity index (χ3n) is 4.99. The minimum Gasteiger partial charge on any atom is -0.492 e. The van der Waals surface area contributed by atoms with Crippen molar-refractivity contribution in [3.8, 4) is 45.6 Å². The van der Waals surface area contributed by atoms with E-state index in [9.17, 15) is 14.4 Å². The van der Waals surface area contributed by atoms with Crippen LogP contribution in [0.15, 0.2) is 12.1 Å². The lowest BCUT2D eigenvalue weighted by Gasteiger charge is -2.20. The molecule has 0 bridgehead atoms. The number of esters is 3. The second-order valence-electron chi connectivity index (χ2n) is 6.84. The van der Waals surface area contributed by atoms with Gasteiger partial charge in [0.15, 0.2) is 23.0 Å². The van der Waals surface area contributed by atoms with Crippen LogP contribution < -0.4 is 28.4 Å². The van der Waals surface area contributed by atoms with Gasteiger partial charge in [-0.1, -0.05) is 0 Å². The number of methoxy groups -OCH3 is 4. The summed E-state index contributed by atoms with van der Waals surface area (Å²) in [5, 5.41) is 0. The maximum atomic E-state index is 12.8. The van der Waals surface area contributed by atoms with Gasteiger partial charge >= 0.3 is 24.4 Å². The molecular formula is C22H20O12. The average molecular weight is 476 g/mol. The summed E-state index contributed by atoms with van der Waals surface area (Å²) in [6, 6.07) is 2.71. The molecule has 0 fully saturated rings. The van der Waals surface area contributed by atoms with E-state index in [1.54, 1.807) is 0 Å². The van der Waals surface area contributed by atoms with E-state index in [1.807, 2.05) is 0 Å². The zero-order valence-corrected chi connectivity index (χ0v) is 18.8. The minimum absolute atomic E-state index is 0.0116. The molecule has 2 aromatic carbocycles. The molecule has 0 aromatic heterocycles. The fourth-order valence-electron chi connectivity index (χ4n) is 3.66. The highest BCUT2D eigenvalue weighted by Gasteiger charge is 2.39. The monoisotopic (exact) mass is 476 g/mol. The number of carbonyl (C=O) groups excluding carboxylic acids is 3. The van der Waals surface area contributed by atoms with Crippen LogP contribution in [0.1, 0.15) is 27.6 Å². The van der Waals surface area contributed by atoms with Crippen LogP contribution >= 0.6 is 0 Å². The van der Waals surface area contributed by atoms with Gasteiger partial charge in [-0.3, -0.25) is 4.79 Å². The Kier molecular flexibility index (Phi) is 5.97. The van der Waals surface area contributed by atoms with Crippen LogP contribution in [0.25, 0.3) is 11.1 Å². The first-order valence-electron chi connectivity index (χ1n) is 9.77. The van der Waals surface area contributed by atoms with Crippen molar-refractivity contribution >= 4 is 17.9 Å². The molecule has 2 aliphatic heterocycles. The van der Waals surface area contributed by atoms with Crippen molar-refractivity contribution in [1.82, 2.24) is 0 Å². The number of benzene rings is 2. The maximum Gasteiger partial charge on any atom is 0.409 e. The van der Waals surface area contributed by atoms with Crippen molar-refractivity contribution in [2.24, 2.45) is 0 Å². The number of carbonyl (C=O) groups is 3. The normalized spacial score (nSPS) is 14.9. The summed E-state index contributed by atoms with van der Waals surface area (Å²) < 4.78 is 48.1. The average Bonchev–Trinajstić information content (AvgIpc) is 3.46. The van der Waals surface area contributed by atoms with Gasteiger partial charge in [-0.15, -0.1) is 0 Å². The molecule has 2 heterocycles. The van der Waals surface area contributed by atoms with E-state index >= 15 is 0 Å². The quantitative estimate of drug-likeness (QED) is 0.447. The van der Waals surface area contributed by atoms with E-state index in [4.69, 9.17) is 42.6 Å². The molecule has 34 heavy (non-hydrogen) atoms. The van der Waals surface area contributed by atoms with Gasteiger partial charge in [-0.25, -0.2) is 9.59 Å². The molecule has 12 heteroatoms. The lowest BCUT2D eigenvalue weighted by atomic mass is 9.91. The van der Waals surface area contributed by atoms with E-state index < -0.39 is 24.4 Å². The van der Waals surface area contributed by atoms with Crippen LogP contribution in [0, 0.1) is 0 Å². The van der Waals surface area contributed by atoms with Crippen molar-refractivity contribution in [3.05, 3.63) is 23.3 Å². The molecule has 0 saturated carbocycles. The highest BCUT2D eigenvalue weighted by atomic mass is 16.9. The molecule has 0 spiro atoms. The third kappa shape index (κ3) is 3.62. The van der Waals surface area contributed by atoms with Gasteiger partial charge in [-0.05, 0) is 12.1 Å². The fraction of sp³-hybridized carbons (Fsp3) is 0.318. The lowest BCUT2D eigenvalue weighted by molar-refractivity contribution is -0.192. The zero-order valence-electron chi connectivity index (χ0n) is 18.8. The van der Waals surface area contributed by atoms with Gasteiger partial charge in [0.05, 0.1) is 39.6 Å². The Morgan fingerprint density at radius 3 is 1.88 bits per heavy atom. The molecule has 1 atom stereocenters. The highest BCUT2D eigenvalue weighted by Crippen LogP contribution is 2.56.